The van der Waals surface area contributed by atoms with Crippen molar-refractivity contribution in [1.29, 1.82) is 0 Å². The minimum Gasteiger partial charge on any atom is -0.399 e. The highest BCUT2D eigenvalue weighted by Gasteiger charge is 2.11. The molecule has 1 heteroatoms. The summed E-state index contributed by atoms with van der Waals surface area (Å²) in [4.78, 5) is 0. The van der Waals surface area contributed by atoms with Crippen LogP contribution in [0.25, 0.3) is 23.3 Å². The van der Waals surface area contributed by atoms with Crippen LogP contribution in [0.2, 0.25) is 0 Å². The molecule has 112 valence electrons. The predicted octanol–water partition coefficient (Wildman–Crippen LogP) is 5.20. The van der Waals surface area contributed by atoms with Gasteiger partial charge in [-0.2, -0.15) is 0 Å². The average Bonchev–Trinajstić information content (AvgIpc) is 2.55. The molecule has 0 fully saturated rings. The number of nitrogens with two attached hydrogens (primary N) is 1. The molecule has 0 saturated carbocycles. The topological polar surface area (TPSA) is 26.0 Å². The molecule has 0 spiro atoms. The molecule has 1 nitrogen and oxygen atoms in total. The second-order valence-corrected chi connectivity index (χ2v) is 6.11. The van der Waals surface area contributed by atoms with Crippen molar-refractivity contribution in [3.05, 3.63) is 89.0 Å². The van der Waals surface area contributed by atoms with Gasteiger partial charge < -0.3 is 5.73 Å². The van der Waals surface area contributed by atoms with Crippen molar-refractivity contribution in [3.8, 4) is 11.1 Å². The molecule has 3 aromatic carbocycles. The fourth-order valence-electron chi connectivity index (χ4n) is 3.05. The third-order valence-corrected chi connectivity index (χ3v) is 4.47. The summed E-state index contributed by atoms with van der Waals surface area (Å²) in [7, 11) is 0. The van der Waals surface area contributed by atoms with Crippen molar-refractivity contribution in [2.24, 2.45) is 0 Å². The molecule has 23 heavy (non-hydrogen) atoms. The van der Waals surface area contributed by atoms with Crippen molar-refractivity contribution in [2.45, 2.75) is 12.8 Å². The number of hydrogen-bond acceptors (Lipinski definition) is 1. The van der Waals surface area contributed by atoms with Crippen LogP contribution in [0.3, 0.4) is 0 Å². The van der Waals surface area contributed by atoms with Gasteiger partial charge in [-0.25, -0.2) is 0 Å². The van der Waals surface area contributed by atoms with Crippen molar-refractivity contribution in [2.75, 3.05) is 5.73 Å². The highest BCUT2D eigenvalue weighted by atomic mass is 14.5. The van der Waals surface area contributed by atoms with Crippen LogP contribution >= 0.6 is 0 Å². The lowest BCUT2D eigenvalue weighted by atomic mass is 9.87. The maximum absolute atomic E-state index is 5.89. The molecule has 1 aliphatic carbocycles. The van der Waals surface area contributed by atoms with Crippen LogP contribution in [0.4, 0.5) is 5.69 Å². The van der Waals surface area contributed by atoms with E-state index in [2.05, 4.69) is 60.7 Å². The zero-order valence-corrected chi connectivity index (χ0v) is 13.0. The van der Waals surface area contributed by atoms with Crippen LogP contribution < -0.4 is 5.73 Å². The van der Waals surface area contributed by atoms with Crippen molar-refractivity contribution >= 4 is 17.8 Å². The number of nitrogen functional groups attached to an aromatic ring is 1. The minimum absolute atomic E-state index is 0.797. The molecule has 0 atom stereocenters. The molecule has 0 aliphatic heterocycles. The monoisotopic (exact) mass is 297 g/mol. The molecular formula is C22H19N. The number of benzene rings is 3. The third kappa shape index (κ3) is 2.91. The first kappa shape index (κ1) is 13.8. The average molecular weight is 297 g/mol. The first-order valence-electron chi connectivity index (χ1n) is 8.04. The van der Waals surface area contributed by atoms with Crippen molar-refractivity contribution in [1.82, 2.24) is 0 Å². The van der Waals surface area contributed by atoms with E-state index in [0.717, 1.165) is 11.3 Å². The van der Waals surface area contributed by atoms with Gasteiger partial charge in [-0.15, -0.1) is 0 Å². The van der Waals surface area contributed by atoms with Gasteiger partial charge >= 0.3 is 0 Å². The van der Waals surface area contributed by atoms with Crippen molar-refractivity contribution < 1.29 is 0 Å². The molecule has 3 aromatic rings. The Bertz CT molecular complexity index is 890. The molecule has 0 saturated heterocycles. The number of anilines is 1. The van der Waals surface area contributed by atoms with Gasteiger partial charge in [0.1, 0.15) is 0 Å². The minimum atomic E-state index is 0.797. The summed E-state index contributed by atoms with van der Waals surface area (Å²) in [6.45, 7) is 0. The van der Waals surface area contributed by atoms with Gasteiger partial charge in [-0.3, -0.25) is 0 Å². The van der Waals surface area contributed by atoms with E-state index >= 15 is 0 Å². The molecular weight excluding hydrogens is 278 g/mol. The van der Waals surface area contributed by atoms with E-state index in [1.165, 1.54) is 40.7 Å². The SMILES string of the molecule is Nc1cccc(-c2cccc(C=Cc3ccc4c(c3)CC4)c2)c1. The molecule has 0 aromatic heterocycles. The summed E-state index contributed by atoms with van der Waals surface area (Å²) in [6, 6.07) is 23.3. The molecule has 4 rings (SSSR count). The van der Waals surface area contributed by atoms with Crippen LogP contribution in [0.5, 0.6) is 0 Å². The second-order valence-electron chi connectivity index (χ2n) is 6.11. The fraction of sp³-hybridized carbons (Fsp3) is 0.0909. The number of hydrogen-bond donors (Lipinski definition) is 1. The third-order valence-electron chi connectivity index (χ3n) is 4.47. The fourth-order valence-corrected chi connectivity index (χ4v) is 3.05. The van der Waals surface area contributed by atoms with E-state index in [1.54, 1.807) is 0 Å². The Balaban J connectivity index is 1.60. The Morgan fingerprint density at radius 1 is 0.652 bits per heavy atom. The number of fused-ring (bicyclic) bond motifs is 1. The normalized spacial score (nSPS) is 12.9. The van der Waals surface area contributed by atoms with Gasteiger partial charge in [0.15, 0.2) is 0 Å². The maximum atomic E-state index is 5.89. The molecule has 2 N–H and O–H groups in total. The summed E-state index contributed by atoms with van der Waals surface area (Å²) in [6.07, 6.45) is 6.83. The van der Waals surface area contributed by atoms with E-state index in [4.69, 9.17) is 5.73 Å². The van der Waals surface area contributed by atoms with E-state index in [1.807, 2.05) is 18.2 Å². The Hall–Kier alpha value is -2.80. The van der Waals surface area contributed by atoms with Crippen molar-refractivity contribution in [3.63, 3.8) is 0 Å². The first-order valence-corrected chi connectivity index (χ1v) is 8.04. The molecule has 0 unspecified atom stereocenters. The number of aryl methyl sites for hydroxylation is 2. The van der Waals surface area contributed by atoms with E-state index in [0.29, 0.717) is 0 Å². The molecule has 0 bridgehead atoms. The lowest BCUT2D eigenvalue weighted by molar-refractivity contribution is 0.839. The zero-order chi connectivity index (χ0) is 15.6. The standard InChI is InChI=1S/C22H19N/c23-22-6-2-5-20(15-22)19-4-1-3-16(13-19)7-8-17-9-10-18-11-12-21(18)14-17/h1-10,13-15H,11-12,23H2. The first-order chi connectivity index (χ1) is 11.3. The highest BCUT2D eigenvalue weighted by molar-refractivity contribution is 5.75. The Labute approximate surface area is 137 Å². The summed E-state index contributed by atoms with van der Waals surface area (Å²) >= 11 is 0. The van der Waals surface area contributed by atoms with Gasteiger partial charge in [0.25, 0.3) is 0 Å². The lowest BCUT2D eigenvalue weighted by Crippen LogP contribution is -2.07. The summed E-state index contributed by atoms with van der Waals surface area (Å²) in [5, 5.41) is 0. The van der Waals surface area contributed by atoms with Crippen LogP contribution in [0, 0.1) is 0 Å². The Morgan fingerprint density at radius 2 is 1.35 bits per heavy atom. The van der Waals surface area contributed by atoms with Crippen LogP contribution in [-0.4, -0.2) is 0 Å². The summed E-state index contributed by atoms with van der Waals surface area (Å²) in [5.41, 5.74) is 14.5. The molecule has 0 heterocycles. The van der Waals surface area contributed by atoms with E-state index < -0.39 is 0 Å². The highest BCUT2D eigenvalue weighted by Crippen LogP contribution is 2.25. The predicted molar refractivity (Wildman–Crippen MR) is 99.1 cm³/mol. The largest absolute Gasteiger partial charge is 0.399 e. The molecule has 0 amide bonds. The quantitative estimate of drug-likeness (QED) is 0.521. The molecule has 1 aliphatic rings. The van der Waals surface area contributed by atoms with E-state index in [9.17, 15) is 0 Å². The number of rotatable bonds is 3. The zero-order valence-electron chi connectivity index (χ0n) is 13.0. The van der Waals surface area contributed by atoms with Gasteiger partial charge in [0.05, 0.1) is 0 Å². The van der Waals surface area contributed by atoms with Gasteiger partial charge in [0, 0.05) is 5.69 Å². The second kappa shape index (κ2) is 5.77. The van der Waals surface area contributed by atoms with Gasteiger partial charge in [-0.05, 0) is 64.4 Å². The maximum Gasteiger partial charge on any atom is 0.0320 e. The Morgan fingerprint density at radius 3 is 2.04 bits per heavy atom. The van der Waals surface area contributed by atoms with Crippen LogP contribution in [0.15, 0.2) is 66.7 Å². The smallest absolute Gasteiger partial charge is 0.0320 e. The molecule has 0 radical (unpaired) electrons. The van der Waals surface area contributed by atoms with Gasteiger partial charge in [0.2, 0.25) is 0 Å². The van der Waals surface area contributed by atoms with Crippen LogP contribution in [-0.2, 0) is 12.8 Å². The van der Waals surface area contributed by atoms with Gasteiger partial charge in [-0.1, -0.05) is 60.7 Å². The summed E-state index contributed by atoms with van der Waals surface area (Å²) < 4.78 is 0. The van der Waals surface area contributed by atoms with E-state index in [-0.39, 0.29) is 0 Å². The summed E-state index contributed by atoms with van der Waals surface area (Å²) in [5.74, 6) is 0. The van der Waals surface area contributed by atoms with Crippen LogP contribution in [0.1, 0.15) is 22.3 Å². The lowest BCUT2D eigenvalue weighted by Gasteiger charge is -2.18. The Kier molecular flexibility index (Phi) is 3.47.